The lowest BCUT2D eigenvalue weighted by molar-refractivity contribution is -0.137. The van der Waals surface area contributed by atoms with Crippen LogP contribution in [0.3, 0.4) is 0 Å². The minimum Gasteiger partial charge on any atom is -0.370 e. The van der Waals surface area contributed by atoms with Crippen molar-refractivity contribution in [1.82, 2.24) is 10.1 Å². The molecular weight excluding hydrogens is 321 g/mol. The summed E-state index contributed by atoms with van der Waals surface area (Å²) >= 11 is 0. The number of halogens is 3. The third-order valence-corrected chi connectivity index (χ3v) is 4.19. The molecule has 2 aromatic rings. The average molecular weight is 336 g/mol. The van der Waals surface area contributed by atoms with E-state index < -0.39 is 11.7 Å². The maximum Gasteiger partial charge on any atom is 0.416 e. The number of nitriles is 1. The van der Waals surface area contributed by atoms with Crippen molar-refractivity contribution in [2.24, 2.45) is 0 Å². The Morgan fingerprint density at radius 2 is 2.00 bits per heavy atom. The Morgan fingerprint density at radius 3 is 2.54 bits per heavy atom. The number of benzene rings is 1. The number of anilines is 1. The standard InChI is InChI=1S/C16H15F3N4O/c1-10-21-15(22-24-10)11-4-6-23(7-5-11)14-3-2-13(16(17,18)19)8-12(14)9-20/h2-3,8,11H,4-7H2,1H3. The Labute approximate surface area is 136 Å². The highest BCUT2D eigenvalue weighted by Gasteiger charge is 2.32. The number of piperidine rings is 1. The summed E-state index contributed by atoms with van der Waals surface area (Å²) in [7, 11) is 0. The molecule has 1 aromatic heterocycles. The molecule has 0 saturated carbocycles. The second kappa shape index (κ2) is 6.15. The average Bonchev–Trinajstić information content (AvgIpc) is 3.00. The topological polar surface area (TPSA) is 66.0 Å². The summed E-state index contributed by atoms with van der Waals surface area (Å²) in [5.41, 5.74) is -0.230. The van der Waals surface area contributed by atoms with Gasteiger partial charge in [0.2, 0.25) is 5.89 Å². The van der Waals surface area contributed by atoms with E-state index in [1.54, 1.807) is 6.92 Å². The van der Waals surface area contributed by atoms with Crippen molar-refractivity contribution < 1.29 is 17.7 Å². The Balaban J connectivity index is 1.76. The molecule has 0 spiro atoms. The van der Waals surface area contributed by atoms with Gasteiger partial charge in [-0.3, -0.25) is 0 Å². The molecular formula is C16H15F3N4O. The molecule has 0 unspecified atom stereocenters. The number of hydrogen-bond acceptors (Lipinski definition) is 5. The molecule has 2 heterocycles. The van der Waals surface area contributed by atoms with Crippen molar-refractivity contribution in [3.8, 4) is 6.07 Å². The number of aromatic nitrogens is 2. The van der Waals surface area contributed by atoms with Crippen molar-refractivity contribution >= 4 is 5.69 Å². The van der Waals surface area contributed by atoms with Crippen LogP contribution in [-0.4, -0.2) is 23.2 Å². The van der Waals surface area contributed by atoms with E-state index in [1.165, 1.54) is 6.07 Å². The smallest absolute Gasteiger partial charge is 0.370 e. The molecule has 1 saturated heterocycles. The zero-order valence-corrected chi connectivity index (χ0v) is 13.0. The van der Waals surface area contributed by atoms with Crippen molar-refractivity contribution in [2.45, 2.75) is 31.9 Å². The van der Waals surface area contributed by atoms with E-state index >= 15 is 0 Å². The summed E-state index contributed by atoms with van der Waals surface area (Å²) in [6, 6.07) is 5.17. The van der Waals surface area contributed by atoms with Gasteiger partial charge in [-0.25, -0.2) is 0 Å². The van der Waals surface area contributed by atoms with Crippen LogP contribution in [0.4, 0.5) is 18.9 Å². The molecule has 0 amide bonds. The van der Waals surface area contributed by atoms with Crippen LogP contribution >= 0.6 is 0 Å². The minimum absolute atomic E-state index is 0.0404. The number of alkyl halides is 3. The zero-order valence-electron chi connectivity index (χ0n) is 13.0. The second-order valence-corrected chi connectivity index (χ2v) is 5.77. The summed E-state index contributed by atoms with van der Waals surface area (Å²) in [5, 5.41) is 13.1. The van der Waals surface area contributed by atoms with Crippen molar-refractivity contribution in [3.63, 3.8) is 0 Å². The fourth-order valence-corrected chi connectivity index (χ4v) is 2.94. The van der Waals surface area contributed by atoms with E-state index in [2.05, 4.69) is 10.1 Å². The Kier molecular flexibility index (Phi) is 4.18. The molecule has 1 aromatic carbocycles. The van der Waals surface area contributed by atoms with Crippen LogP contribution in [0.5, 0.6) is 0 Å². The van der Waals surface area contributed by atoms with Gasteiger partial charge >= 0.3 is 6.18 Å². The van der Waals surface area contributed by atoms with Gasteiger partial charge in [0.05, 0.1) is 16.8 Å². The van der Waals surface area contributed by atoms with E-state index in [1.807, 2.05) is 11.0 Å². The second-order valence-electron chi connectivity index (χ2n) is 5.77. The van der Waals surface area contributed by atoms with Gasteiger partial charge < -0.3 is 9.42 Å². The van der Waals surface area contributed by atoms with Crippen LogP contribution in [0, 0.1) is 18.3 Å². The lowest BCUT2D eigenvalue weighted by Gasteiger charge is -2.33. The highest BCUT2D eigenvalue weighted by Crippen LogP contribution is 2.35. The normalized spacial score (nSPS) is 16.2. The molecule has 0 atom stereocenters. The van der Waals surface area contributed by atoms with Gasteiger partial charge in [0, 0.05) is 25.9 Å². The van der Waals surface area contributed by atoms with Crippen LogP contribution < -0.4 is 4.90 Å². The number of aryl methyl sites for hydroxylation is 1. The monoisotopic (exact) mass is 336 g/mol. The molecule has 1 fully saturated rings. The van der Waals surface area contributed by atoms with Gasteiger partial charge in [-0.15, -0.1) is 0 Å². The summed E-state index contributed by atoms with van der Waals surface area (Å²) in [4.78, 5) is 6.16. The predicted octanol–water partition coefficient (Wildman–Crippen LogP) is 3.65. The fourth-order valence-electron chi connectivity index (χ4n) is 2.94. The molecule has 0 radical (unpaired) electrons. The number of rotatable bonds is 2. The first-order valence-electron chi connectivity index (χ1n) is 7.55. The molecule has 0 aliphatic carbocycles. The maximum atomic E-state index is 12.8. The van der Waals surface area contributed by atoms with Crippen LogP contribution in [0.1, 0.15) is 41.6 Å². The van der Waals surface area contributed by atoms with Crippen molar-refractivity contribution in [1.29, 1.82) is 5.26 Å². The van der Waals surface area contributed by atoms with E-state index in [-0.39, 0.29) is 11.5 Å². The van der Waals surface area contributed by atoms with E-state index in [0.29, 0.717) is 30.5 Å². The summed E-state index contributed by atoms with van der Waals surface area (Å²) in [5.74, 6) is 1.35. The molecule has 0 N–H and O–H groups in total. The first-order valence-corrected chi connectivity index (χ1v) is 7.55. The fraction of sp³-hybridized carbons (Fsp3) is 0.438. The van der Waals surface area contributed by atoms with E-state index in [4.69, 9.17) is 4.52 Å². The third kappa shape index (κ3) is 3.20. The van der Waals surface area contributed by atoms with Gasteiger partial charge in [0.15, 0.2) is 5.82 Å². The Morgan fingerprint density at radius 1 is 1.29 bits per heavy atom. The van der Waals surface area contributed by atoms with Crippen LogP contribution in [0.2, 0.25) is 0 Å². The lowest BCUT2D eigenvalue weighted by Crippen LogP contribution is -2.33. The lowest BCUT2D eigenvalue weighted by atomic mass is 9.95. The first kappa shape index (κ1) is 16.3. The highest BCUT2D eigenvalue weighted by molar-refractivity contribution is 5.61. The van der Waals surface area contributed by atoms with E-state index in [9.17, 15) is 18.4 Å². The van der Waals surface area contributed by atoms with Gasteiger partial charge in [0.1, 0.15) is 6.07 Å². The Bertz CT molecular complexity index is 770. The van der Waals surface area contributed by atoms with Gasteiger partial charge in [-0.05, 0) is 31.0 Å². The Hall–Kier alpha value is -2.56. The quantitative estimate of drug-likeness (QED) is 0.837. The van der Waals surface area contributed by atoms with Crippen LogP contribution in [0.25, 0.3) is 0 Å². The molecule has 126 valence electrons. The van der Waals surface area contributed by atoms with Crippen molar-refractivity contribution in [2.75, 3.05) is 18.0 Å². The largest absolute Gasteiger partial charge is 0.416 e. The van der Waals surface area contributed by atoms with E-state index in [0.717, 1.165) is 25.0 Å². The molecule has 0 bridgehead atoms. The van der Waals surface area contributed by atoms with Gasteiger partial charge in [-0.1, -0.05) is 5.16 Å². The SMILES string of the molecule is Cc1nc(C2CCN(c3ccc(C(F)(F)F)cc3C#N)CC2)no1. The zero-order chi connectivity index (χ0) is 17.3. The third-order valence-electron chi connectivity index (χ3n) is 4.19. The molecule has 3 rings (SSSR count). The van der Waals surface area contributed by atoms with Crippen molar-refractivity contribution in [3.05, 3.63) is 41.0 Å². The summed E-state index contributed by atoms with van der Waals surface area (Å²) in [6.45, 7) is 2.98. The van der Waals surface area contributed by atoms with Crippen LogP contribution in [-0.2, 0) is 6.18 Å². The number of hydrogen-bond donors (Lipinski definition) is 0. The minimum atomic E-state index is -4.45. The van der Waals surface area contributed by atoms with Crippen LogP contribution in [0.15, 0.2) is 22.7 Å². The molecule has 8 heteroatoms. The molecule has 5 nitrogen and oxygen atoms in total. The molecule has 1 aliphatic rings. The molecule has 1 aliphatic heterocycles. The van der Waals surface area contributed by atoms with Gasteiger partial charge in [0.25, 0.3) is 0 Å². The van der Waals surface area contributed by atoms with Gasteiger partial charge in [-0.2, -0.15) is 23.4 Å². The highest BCUT2D eigenvalue weighted by atomic mass is 19.4. The predicted molar refractivity (Wildman–Crippen MR) is 79.4 cm³/mol. The maximum absolute atomic E-state index is 12.8. The summed E-state index contributed by atoms with van der Waals surface area (Å²) < 4.78 is 43.3. The first-order chi connectivity index (χ1) is 11.4. The summed E-state index contributed by atoms with van der Waals surface area (Å²) in [6.07, 6.45) is -2.94. The number of nitrogens with zero attached hydrogens (tertiary/aromatic N) is 4. The molecule has 24 heavy (non-hydrogen) atoms.